The zero-order chi connectivity index (χ0) is 25.8. The first-order valence-corrected chi connectivity index (χ1v) is 13.0. The molecule has 1 amide bonds. The highest BCUT2D eigenvalue weighted by Gasteiger charge is 2.60. The predicted molar refractivity (Wildman–Crippen MR) is 134 cm³/mol. The number of carbonyl (C=O) groups excluding carboxylic acids is 2. The Morgan fingerprint density at radius 2 is 2.08 bits per heavy atom. The van der Waals surface area contributed by atoms with Gasteiger partial charge in [-0.05, 0) is 79.0 Å². The molecule has 0 saturated heterocycles. The smallest absolute Gasteiger partial charge is 0.225 e. The van der Waals surface area contributed by atoms with Crippen LogP contribution in [0, 0.1) is 29.0 Å². The van der Waals surface area contributed by atoms with Crippen LogP contribution in [-0.4, -0.2) is 22.0 Å². The first-order chi connectivity index (χ1) is 17.0. The van der Waals surface area contributed by atoms with Gasteiger partial charge < -0.3 is 14.9 Å². The van der Waals surface area contributed by atoms with E-state index in [-0.39, 0.29) is 53.0 Å². The quantitative estimate of drug-likeness (QED) is 0.388. The molecule has 0 radical (unpaired) electrons. The van der Waals surface area contributed by atoms with Crippen molar-refractivity contribution >= 4 is 17.5 Å². The van der Waals surface area contributed by atoms with Crippen LogP contribution in [0.1, 0.15) is 82.6 Å². The number of anilines is 1. The number of aliphatic hydroxyl groups excluding tert-OH is 1. The van der Waals surface area contributed by atoms with Crippen molar-refractivity contribution in [3.05, 3.63) is 58.8 Å². The Morgan fingerprint density at radius 1 is 1.31 bits per heavy atom. The minimum absolute atomic E-state index is 0.00933. The molecular formula is C29H35FN2O4. The predicted octanol–water partition coefficient (Wildman–Crippen LogP) is 6.23. The Kier molecular flexibility index (Phi) is 6.08. The van der Waals surface area contributed by atoms with Crippen molar-refractivity contribution in [1.82, 2.24) is 5.16 Å². The summed E-state index contributed by atoms with van der Waals surface area (Å²) < 4.78 is 19.2. The lowest BCUT2D eigenvalue weighted by atomic mass is 9.54. The summed E-state index contributed by atoms with van der Waals surface area (Å²) in [4.78, 5) is 26.3. The van der Waals surface area contributed by atoms with Gasteiger partial charge in [-0.15, -0.1) is 0 Å². The molecule has 3 aliphatic rings. The monoisotopic (exact) mass is 494 g/mol. The van der Waals surface area contributed by atoms with Gasteiger partial charge in [-0.25, -0.2) is 4.39 Å². The number of Topliss-reactive ketones (excluding diaryl/α,β-unsaturated/α-hetero) is 1. The van der Waals surface area contributed by atoms with Crippen molar-refractivity contribution in [2.24, 2.45) is 23.2 Å². The average Bonchev–Trinajstić information content (AvgIpc) is 3.38. The van der Waals surface area contributed by atoms with E-state index in [9.17, 15) is 19.1 Å². The molecule has 3 aliphatic carbocycles. The van der Waals surface area contributed by atoms with Crippen molar-refractivity contribution in [3.8, 4) is 0 Å². The van der Waals surface area contributed by atoms with E-state index in [1.165, 1.54) is 11.6 Å². The molecular weight excluding hydrogens is 459 g/mol. The van der Waals surface area contributed by atoms with Crippen LogP contribution in [0.15, 0.2) is 40.6 Å². The molecule has 0 aliphatic heterocycles. The highest BCUT2D eigenvalue weighted by molar-refractivity contribution is 6.03. The summed E-state index contributed by atoms with van der Waals surface area (Å²) in [6, 6.07) is 6.83. The van der Waals surface area contributed by atoms with Crippen LogP contribution >= 0.6 is 0 Å². The number of ketones is 1. The molecule has 1 aromatic carbocycles. The maximum absolute atomic E-state index is 13.9. The lowest BCUT2D eigenvalue weighted by molar-refractivity contribution is -0.127. The highest BCUT2D eigenvalue weighted by atomic mass is 19.1. The third-order valence-electron chi connectivity index (χ3n) is 8.89. The van der Waals surface area contributed by atoms with Crippen molar-refractivity contribution in [1.29, 1.82) is 0 Å². The molecule has 2 fully saturated rings. The third-order valence-corrected chi connectivity index (χ3v) is 8.89. The number of hydrogen-bond donors (Lipinski definition) is 2. The standard InChI is InChI=1S/C29H35FN2O4/c1-28(2,3)23-14-24(32-36-23)31-25(34)10-9-21-22(15-33)27(35)29(4)12-11-19-18-8-6-17(30)13-16(18)5-7-20(19)26(21)29/h6,8,13-15,19-21,26,33H,5,7,9-12H2,1-4H3,(H,31,32,34)/b22-15-/t19?,20?,21-,26?,29+/m1/s1. The lowest BCUT2D eigenvalue weighted by Crippen LogP contribution is -2.44. The van der Waals surface area contributed by atoms with Crippen LogP contribution in [0.2, 0.25) is 0 Å². The minimum Gasteiger partial charge on any atom is -0.515 e. The van der Waals surface area contributed by atoms with E-state index in [1.807, 2.05) is 33.8 Å². The molecule has 36 heavy (non-hydrogen) atoms. The molecule has 192 valence electrons. The first kappa shape index (κ1) is 24.7. The van der Waals surface area contributed by atoms with Gasteiger partial charge in [0.2, 0.25) is 5.91 Å². The molecule has 7 heteroatoms. The van der Waals surface area contributed by atoms with Crippen LogP contribution in [0.4, 0.5) is 10.2 Å². The van der Waals surface area contributed by atoms with Crippen LogP contribution in [0.3, 0.4) is 0 Å². The highest BCUT2D eigenvalue weighted by Crippen LogP contribution is 2.63. The maximum Gasteiger partial charge on any atom is 0.225 e. The number of hydrogen-bond acceptors (Lipinski definition) is 5. The summed E-state index contributed by atoms with van der Waals surface area (Å²) in [5, 5.41) is 16.9. The number of halogens is 1. The number of nitrogens with zero attached hydrogens (tertiary/aromatic N) is 1. The van der Waals surface area contributed by atoms with E-state index in [0.717, 1.165) is 37.5 Å². The Balaban J connectivity index is 1.36. The molecule has 3 unspecified atom stereocenters. The number of carbonyl (C=O) groups is 2. The van der Waals surface area contributed by atoms with E-state index in [4.69, 9.17) is 4.52 Å². The summed E-state index contributed by atoms with van der Waals surface area (Å²) in [7, 11) is 0. The van der Waals surface area contributed by atoms with Gasteiger partial charge >= 0.3 is 0 Å². The number of allylic oxidation sites excluding steroid dienone is 1. The lowest BCUT2D eigenvalue weighted by Gasteiger charge is -2.49. The van der Waals surface area contributed by atoms with Crippen molar-refractivity contribution < 1.29 is 23.6 Å². The van der Waals surface area contributed by atoms with Crippen LogP contribution in [0.25, 0.3) is 0 Å². The van der Waals surface area contributed by atoms with Crippen LogP contribution in [0.5, 0.6) is 0 Å². The average molecular weight is 495 g/mol. The fourth-order valence-electron chi connectivity index (χ4n) is 7.17. The van der Waals surface area contributed by atoms with E-state index in [1.54, 1.807) is 12.1 Å². The number of aromatic nitrogens is 1. The van der Waals surface area contributed by atoms with Crippen LogP contribution < -0.4 is 5.32 Å². The normalized spacial score (nSPS) is 30.6. The largest absolute Gasteiger partial charge is 0.515 e. The van der Waals surface area contributed by atoms with Gasteiger partial charge in [0.05, 0.1) is 6.26 Å². The van der Waals surface area contributed by atoms with Gasteiger partial charge in [0, 0.05) is 28.9 Å². The Hall–Kier alpha value is -2.96. The van der Waals surface area contributed by atoms with Crippen LogP contribution in [-0.2, 0) is 21.4 Å². The van der Waals surface area contributed by atoms with E-state index >= 15 is 0 Å². The maximum atomic E-state index is 13.9. The molecule has 6 nitrogen and oxygen atoms in total. The van der Waals surface area contributed by atoms with Gasteiger partial charge in [-0.3, -0.25) is 9.59 Å². The SMILES string of the molecule is CC(C)(C)c1cc(NC(=O)CC[C@@H]2/C(=C/O)C(=O)[C@@]3(C)CCC4c5ccc(F)cc5CCC4C23)no1. The van der Waals surface area contributed by atoms with Crippen molar-refractivity contribution in [2.75, 3.05) is 5.32 Å². The fourth-order valence-corrected chi connectivity index (χ4v) is 7.17. The number of amides is 1. The molecule has 5 rings (SSSR count). The third kappa shape index (κ3) is 4.06. The topological polar surface area (TPSA) is 92.4 Å². The molecule has 0 spiro atoms. The van der Waals surface area contributed by atoms with Gasteiger partial charge in [0.15, 0.2) is 11.6 Å². The molecule has 0 bridgehead atoms. The first-order valence-electron chi connectivity index (χ1n) is 13.0. The second kappa shape index (κ2) is 8.86. The number of benzene rings is 1. The second-order valence-corrected chi connectivity index (χ2v) is 12.1. The van der Waals surface area contributed by atoms with E-state index in [2.05, 4.69) is 10.5 Å². The Bertz CT molecular complexity index is 1230. The zero-order valence-corrected chi connectivity index (χ0v) is 21.4. The number of aryl methyl sites for hydroxylation is 1. The second-order valence-electron chi connectivity index (χ2n) is 12.1. The summed E-state index contributed by atoms with van der Waals surface area (Å²) in [6.07, 6.45) is 4.90. The van der Waals surface area contributed by atoms with Gasteiger partial charge in [0.25, 0.3) is 0 Å². The summed E-state index contributed by atoms with van der Waals surface area (Å²) in [5.74, 6) is 1.02. The Morgan fingerprint density at radius 3 is 2.78 bits per heavy atom. The molecule has 1 aromatic heterocycles. The number of aliphatic hydroxyl groups is 1. The van der Waals surface area contributed by atoms with E-state index in [0.29, 0.717) is 23.6 Å². The minimum atomic E-state index is -0.553. The van der Waals surface area contributed by atoms with E-state index < -0.39 is 5.41 Å². The molecule has 1 heterocycles. The molecule has 2 aromatic rings. The number of rotatable bonds is 4. The number of nitrogens with one attached hydrogen (secondary N) is 1. The molecule has 2 N–H and O–H groups in total. The van der Waals surface area contributed by atoms with Crippen molar-refractivity contribution in [3.63, 3.8) is 0 Å². The van der Waals surface area contributed by atoms with Crippen molar-refractivity contribution in [2.45, 2.75) is 77.6 Å². The van der Waals surface area contributed by atoms with Gasteiger partial charge in [-0.1, -0.05) is 38.9 Å². The molecule has 2 saturated carbocycles. The summed E-state index contributed by atoms with van der Waals surface area (Å²) in [6.45, 7) is 8.05. The summed E-state index contributed by atoms with van der Waals surface area (Å²) >= 11 is 0. The zero-order valence-electron chi connectivity index (χ0n) is 21.4. The number of fused-ring (bicyclic) bond motifs is 5. The summed E-state index contributed by atoms with van der Waals surface area (Å²) in [5.41, 5.74) is 1.94. The van der Waals surface area contributed by atoms with Gasteiger partial charge in [0.1, 0.15) is 11.6 Å². The van der Waals surface area contributed by atoms with Gasteiger partial charge in [-0.2, -0.15) is 0 Å². The molecule has 5 atom stereocenters. The Labute approximate surface area is 211 Å². The fraction of sp³-hybridized carbons (Fsp3) is 0.552.